The Hall–Kier alpha value is -3.25. The van der Waals surface area contributed by atoms with Crippen molar-refractivity contribution in [3.8, 4) is 22.5 Å². The molecule has 0 amide bonds. The molecule has 4 rings (SSSR count). The second-order valence-corrected chi connectivity index (χ2v) is 6.50. The normalized spacial score (nSPS) is 11.0. The second kappa shape index (κ2) is 7.40. The standard InChI is InChI=1S/C21H15ClFN3O2/c1-2-28-21(27)19-11-17(13-5-9-16(23)10-6-13)24-20-12-18(25-26(19)20)14-3-7-15(22)8-4-14/h3-12H,2H2,1H3. The Balaban J connectivity index is 1.89. The highest BCUT2D eigenvalue weighted by molar-refractivity contribution is 6.30. The van der Waals surface area contributed by atoms with Crippen LogP contribution in [0, 0.1) is 5.82 Å². The number of ether oxygens (including phenoxy) is 1. The molecule has 0 fully saturated rings. The smallest absolute Gasteiger partial charge is 0.357 e. The third kappa shape index (κ3) is 3.46. The first-order valence-electron chi connectivity index (χ1n) is 8.65. The van der Waals surface area contributed by atoms with E-state index in [1.165, 1.54) is 16.6 Å². The lowest BCUT2D eigenvalue weighted by molar-refractivity contribution is 0.0516. The van der Waals surface area contributed by atoms with Gasteiger partial charge in [-0.15, -0.1) is 0 Å². The molecule has 7 heteroatoms. The van der Waals surface area contributed by atoms with Gasteiger partial charge in [-0.25, -0.2) is 18.7 Å². The number of hydrogen-bond acceptors (Lipinski definition) is 4. The molecule has 2 heterocycles. The van der Waals surface area contributed by atoms with Crippen molar-refractivity contribution in [3.05, 3.63) is 77.2 Å². The molecule has 0 aliphatic heterocycles. The summed E-state index contributed by atoms with van der Waals surface area (Å²) < 4.78 is 19.9. The molecule has 0 saturated heterocycles. The maximum atomic E-state index is 13.3. The van der Waals surface area contributed by atoms with E-state index in [-0.39, 0.29) is 18.1 Å². The van der Waals surface area contributed by atoms with Gasteiger partial charge in [0.15, 0.2) is 11.3 Å². The van der Waals surface area contributed by atoms with Crippen molar-refractivity contribution in [1.82, 2.24) is 14.6 Å². The van der Waals surface area contributed by atoms with E-state index in [0.717, 1.165) is 5.56 Å². The Morgan fingerprint density at radius 3 is 2.36 bits per heavy atom. The van der Waals surface area contributed by atoms with Crippen LogP contribution in [-0.2, 0) is 4.74 Å². The van der Waals surface area contributed by atoms with Crippen molar-refractivity contribution in [1.29, 1.82) is 0 Å². The van der Waals surface area contributed by atoms with E-state index in [0.29, 0.717) is 27.6 Å². The van der Waals surface area contributed by atoms with Gasteiger partial charge in [-0.1, -0.05) is 23.7 Å². The zero-order valence-electron chi connectivity index (χ0n) is 14.9. The van der Waals surface area contributed by atoms with E-state index in [1.54, 1.807) is 43.3 Å². The first kappa shape index (κ1) is 18.1. The predicted molar refractivity (Wildman–Crippen MR) is 105 cm³/mol. The van der Waals surface area contributed by atoms with Crippen LogP contribution in [0.4, 0.5) is 4.39 Å². The summed E-state index contributed by atoms with van der Waals surface area (Å²) >= 11 is 5.95. The maximum absolute atomic E-state index is 13.3. The van der Waals surface area contributed by atoms with E-state index in [1.807, 2.05) is 12.1 Å². The Morgan fingerprint density at radius 2 is 1.68 bits per heavy atom. The molecule has 2 aromatic carbocycles. The topological polar surface area (TPSA) is 56.5 Å². The molecule has 0 aliphatic rings. The summed E-state index contributed by atoms with van der Waals surface area (Å²) in [7, 11) is 0. The zero-order chi connectivity index (χ0) is 19.7. The summed E-state index contributed by atoms with van der Waals surface area (Å²) in [5.41, 5.74) is 3.42. The first-order chi connectivity index (χ1) is 13.5. The van der Waals surface area contributed by atoms with Gasteiger partial charge in [-0.05, 0) is 49.4 Å². The monoisotopic (exact) mass is 395 g/mol. The number of fused-ring (bicyclic) bond motifs is 1. The molecule has 5 nitrogen and oxygen atoms in total. The number of carbonyl (C=O) groups excluding carboxylic acids is 1. The number of esters is 1. The van der Waals surface area contributed by atoms with Gasteiger partial charge in [-0.3, -0.25) is 0 Å². The zero-order valence-corrected chi connectivity index (χ0v) is 15.7. The molecule has 28 heavy (non-hydrogen) atoms. The Kier molecular flexibility index (Phi) is 4.79. The molecular weight excluding hydrogens is 381 g/mol. The summed E-state index contributed by atoms with van der Waals surface area (Å²) in [6, 6.07) is 16.5. The highest BCUT2D eigenvalue weighted by Crippen LogP contribution is 2.25. The SMILES string of the molecule is CCOC(=O)c1cc(-c2ccc(F)cc2)nc2cc(-c3ccc(Cl)cc3)nn12. The number of rotatable bonds is 4. The second-order valence-electron chi connectivity index (χ2n) is 6.06. The van der Waals surface area contributed by atoms with Crippen LogP contribution in [0.1, 0.15) is 17.4 Å². The highest BCUT2D eigenvalue weighted by atomic mass is 35.5. The largest absolute Gasteiger partial charge is 0.461 e. The number of benzene rings is 2. The summed E-state index contributed by atoms with van der Waals surface area (Å²) in [5, 5.41) is 5.14. The van der Waals surface area contributed by atoms with Crippen LogP contribution in [0.5, 0.6) is 0 Å². The van der Waals surface area contributed by atoms with Crippen LogP contribution in [0.15, 0.2) is 60.7 Å². The fraction of sp³-hybridized carbons (Fsp3) is 0.0952. The lowest BCUT2D eigenvalue weighted by Crippen LogP contribution is -2.12. The predicted octanol–water partition coefficient (Wildman–Crippen LogP) is 5.03. The molecule has 0 radical (unpaired) electrons. The van der Waals surface area contributed by atoms with Crippen LogP contribution in [0.2, 0.25) is 5.02 Å². The van der Waals surface area contributed by atoms with Gasteiger partial charge in [-0.2, -0.15) is 5.10 Å². The molecule has 0 aliphatic carbocycles. The van der Waals surface area contributed by atoms with Crippen molar-refractivity contribution in [3.63, 3.8) is 0 Å². The van der Waals surface area contributed by atoms with Crippen molar-refractivity contribution in [2.24, 2.45) is 0 Å². The third-order valence-corrected chi connectivity index (χ3v) is 4.44. The summed E-state index contributed by atoms with van der Waals surface area (Å²) in [5.74, 6) is -0.853. The van der Waals surface area contributed by atoms with Crippen LogP contribution >= 0.6 is 11.6 Å². The van der Waals surface area contributed by atoms with E-state index in [9.17, 15) is 9.18 Å². The van der Waals surface area contributed by atoms with Crippen molar-refractivity contribution < 1.29 is 13.9 Å². The van der Waals surface area contributed by atoms with Gasteiger partial charge in [0.2, 0.25) is 0 Å². The number of halogens is 2. The Morgan fingerprint density at radius 1 is 1.04 bits per heavy atom. The number of carbonyl (C=O) groups is 1. The lowest BCUT2D eigenvalue weighted by Gasteiger charge is -2.07. The van der Waals surface area contributed by atoms with Gasteiger partial charge < -0.3 is 4.74 Å². The van der Waals surface area contributed by atoms with E-state index in [2.05, 4.69) is 10.1 Å². The average Bonchev–Trinajstić information content (AvgIpc) is 3.12. The molecule has 0 atom stereocenters. The molecule has 4 aromatic rings. The quantitative estimate of drug-likeness (QED) is 0.454. The third-order valence-electron chi connectivity index (χ3n) is 4.19. The fourth-order valence-electron chi connectivity index (χ4n) is 2.86. The lowest BCUT2D eigenvalue weighted by atomic mass is 10.1. The van der Waals surface area contributed by atoms with Crippen molar-refractivity contribution >= 4 is 23.2 Å². The maximum Gasteiger partial charge on any atom is 0.357 e. The molecule has 0 spiro atoms. The van der Waals surface area contributed by atoms with E-state index >= 15 is 0 Å². The minimum atomic E-state index is -0.510. The van der Waals surface area contributed by atoms with E-state index < -0.39 is 5.97 Å². The van der Waals surface area contributed by atoms with Gasteiger partial charge in [0.25, 0.3) is 0 Å². The molecule has 0 N–H and O–H groups in total. The van der Waals surface area contributed by atoms with Crippen LogP contribution < -0.4 is 0 Å². The minimum absolute atomic E-state index is 0.236. The number of hydrogen-bond donors (Lipinski definition) is 0. The van der Waals surface area contributed by atoms with E-state index in [4.69, 9.17) is 16.3 Å². The molecule has 140 valence electrons. The molecule has 2 aromatic heterocycles. The number of aromatic nitrogens is 3. The average molecular weight is 396 g/mol. The number of nitrogens with zero attached hydrogens (tertiary/aromatic N) is 3. The summed E-state index contributed by atoms with van der Waals surface area (Å²) in [6.45, 7) is 1.97. The Bertz CT molecular complexity index is 1150. The molecule has 0 saturated carbocycles. The van der Waals surface area contributed by atoms with Gasteiger partial charge in [0.05, 0.1) is 18.0 Å². The van der Waals surface area contributed by atoms with Crippen LogP contribution in [-0.4, -0.2) is 27.2 Å². The summed E-state index contributed by atoms with van der Waals surface area (Å²) in [6.07, 6.45) is 0. The van der Waals surface area contributed by atoms with Crippen LogP contribution in [0.25, 0.3) is 28.2 Å². The van der Waals surface area contributed by atoms with Gasteiger partial charge >= 0.3 is 5.97 Å². The minimum Gasteiger partial charge on any atom is -0.461 e. The van der Waals surface area contributed by atoms with Crippen molar-refractivity contribution in [2.75, 3.05) is 6.61 Å². The summed E-state index contributed by atoms with van der Waals surface area (Å²) in [4.78, 5) is 17.1. The molecule has 0 bridgehead atoms. The molecule has 0 unspecified atom stereocenters. The Labute approximate surface area is 165 Å². The van der Waals surface area contributed by atoms with Gasteiger partial charge in [0.1, 0.15) is 5.82 Å². The first-order valence-corrected chi connectivity index (χ1v) is 9.03. The highest BCUT2D eigenvalue weighted by Gasteiger charge is 2.18. The van der Waals surface area contributed by atoms with Crippen molar-refractivity contribution in [2.45, 2.75) is 6.92 Å². The van der Waals surface area contributed by atoms with Crippen LogP contribution in [0.3, 0.4) is 0 Å². The fourth-order valence-corrected chi connectivity index (χ4v) is 2.98. The molecular formula is C21H15ClFN3O2. The van der Waals surface area contributed by atoms with Gasteiger partial charge in [0, 0.05) is 22.2 Å².